The van der Waals surface area contributed by atoms with Gasteiger partial charge in [0.05, 0.1) is 12.2 Å². The molecule has 0 N–H and O–H groups in total. The van der Waals surface area contributed by atoms with Crippen molar-refractivity contribution in [3.63, 3.8) is 0 Å². The van der Waals surface area contributed by atoms with Gasteiger partial charge in [-0.25, -0.2) is 0 Å². The molecule has 1 fully saturated rings. The first-order valence-electron chi connectivity index (χ1n) is 9.79. The molecule has 8 heteroatoms. The fourth-order valence-electron chi connectivity index (χ4n) is 3.41. The van der Waals surface area contributed by atoms with Crippen molar-refractivity contribution < 1.29 is 23.9 Å². The number of aryl methyl sites for hydroxylation is 1. The lowest BCUT2D eigenvalue weighted by Crippen LogP contribution is -2.43. The Hall–Kier alpha value is -2.84. The molecule has 1 atom stereocenters. The average molecular weight is 426 g/mol. The topological polar surface area (TPSA) is 76.2 Å². The van der Waals surface area contributed by atoms with Crippen LogP contribution in [0, 0.1) is 0 Å². The summed E-state index contributed by atoms with van der Waals surface area (Å²) in [5.41, 5.74) is 2.51. The predicted molar refractivity (Wildman–Crippen MR) is 112 cm³/mol. The Labute approximate surface area is 178 Å². The molecule has 2 amide bonds. The Morgan fingerprint density at radius 1 is 1.10 bits per heavy atom. The molecule has 0 aliphatic carbocycles. The van der Waals surface area contributed by atoms with Crippen LogP contribution in [0.5, 0.6) is 5.75 Å². The van der Waals surface area contributed by atoms with Gasteiger partial charge < -0.3 is 14.4 Å². The van der Waals surface area contributed by atoms with Crippen LogP contribution in [0.4, 0.5) is 4.79 Å². The first kappa shape index (κ1) is 20.4. The molecule has 4 rings (SSSR count). The van der Waals surface area contributed by atoms with Crippen LogP contribution in [0.15, 0.2) is 48.5 Å². The number of ether oxygens (including phenoxy) is 2. The third kappa shape index (κ3) is 4.20. The average Bonchev–Trinajstić information content (AvgIpc) is 3.03. The highest BCUT2D eigenvalue weighted by Crippen LogP contribution is 2.29. The zero-order valence-corrected chi connectivity index (χ0v) is 17.4. The molecule has 2 aliphatic heterocycles. The van der Waals surface area contributed by atoms with Gasteiger partial charge in [-0.2, -0.15) is 0 Å². The Balaban J connectivity index is 1.37. The molecule has 0 bridgehead atoms. The van der Waals surface area contributed by atoms with E-state index in [4.69, 9.17) is 9.47 Å². The van der Waals surface area contributed by atoms with Crippen molar-refractivity contribution in [2.45, 2.75) is 26.1 Å². The Morgan fingerprint density at radius 3 is 2.67 bits per heavy atom. The van der Waals surface area contributed by atoms with E-state index < -0.39 is 6.23 Å². The van der Waals surface area contributed by atoms with Gasteiger partial charge in [-0.15, -0.1) is 0 Å². The van der Waals surface area contributed by atoms with Gasteiger partial charge in [-0.1, -0.05) is 43.3 Å². The lowest BCUT2D eigenvalue weighted by atomic mass is 10.1. The van der Waals surface area contributed by atoms with Crippen molar-refractivity contribution in [1.82, 2.24) is 9.80 Å². The molecule has 1 unspecified atom stereocenters. The molecule has 7 nitrogen and oxygen atoms in total. The molecule has 0 spiro atoms. The number of hydrogen-bond acceptors (Lipinski definition) is 6. The van der Waals surface area contributed by atoms with E-state index in [-0.39, 0.29) is 36.1 Å². The van der Waals surface area contributed by atoms with Gasteiger partial charge in [0.15, 0.2) is 6.73 Å². The molecule has 1 saturated heterocycles. The van der Waals surface area contributed by atoms with Gasteiger partial charge in [0, 0.05) is 24.9 Å². The summed E-state index contributed by atoms with van der Waals surface area (Å²) in [5, 5.41) is -0.664. The van der Waals surface area contributed by atoms with Crippen molar-refractivity contribution in [3.05, 3.63) is 65.2 Å². The summed E-state index contributed by atoms with van der Waals surface area (Å²) in [6, 6.07) is 15.1. The van der Waals surface area contributed by atoms with E-state index in [9.17, 15) is 14.4 Å². The van der Waals surface area contributed by atoms with E-state index in [1.807, 2.05) is 55.5 Å². The van der Waals surface area contributed by atoms with Crippen molar-refractivity contribution in [3.8, 4) is 5.75 Å². The van der Waals surface area contributed by atoms with Gasteiger partial charge in [0.2, 0.25) is 11.3 Å². The number of nitrogens with zero attached hydrogens (tertiary/aromatic N) is 2. The summed E-state index contributed by atoms with van der Waals surface area (Å²) < 4.78 is 11.4. The van der Waals surface area contributed by atoms with Gasteiger partial charge in [-0.05, 0) is 29.7 Å². The third-order valence-electron chi connectivity index (χ3n) is 5.09. The molecule has 2 aliphatic rings. The number of carbonyl (C=O) groups is 3. The molecule has 2 heterocycles. The Morgan fingerprint density at radius 2 is 1.90 bits per heavy atom. The summed E-state index contributed by atoms with van der Waals surface area (Å²) in [7, 11) is 0. The SMILES string of the molecule is CCc1ccc2c(c1)C(=O)N(CCOC1C(=O)SC(=O)N1Cc1ccccc1)CO2. The largest absolute Gasteiger partial charge is 0.472 e. The first-order valence-corrected chi connectivity index (χ1v) is 10.6. The van der Waals surface area contributed by atoms with Gasteiger partial charge in [0.25, 0.3) is 11.1 Å². The summed E-state index contributed by atoms with van der Waals surface area (Å²) in [4.78, 5) is 40.2. The minimum Gasteiger partial charge on any atom is -0.472 e. The second kappa shape index (κ2) is 8.89. The normalized spacial score (nSPS) is 18.6. The number of amides is 2. The molecule has 156 valence electrons. The van der Waals surface area contributed by atoms with Crippen molar-refractivity contribution >= 4 is 28.0 Å². The van der Waals surface area contributed by atoms with Crippen molar-refractivity contribution in [1.29, 1.82) is 0 Å². The number of hydrogen-bond donors (Lipinski definition) is 0. The van der Waals surface area contributed by atoms with Crippen LogP contribution >= 0.6 is 11.8 Å². The molecule has 2 aromatic rings. The maximum atomic E-state index is 12.8. The molecule has 30 heavy (non-hydrogen) atoms. The van der Waals surface area contributed by atoms with Crippen LogP contribution in [0.25, 0.3) is 0 Å². The molecular weight excluding hydrogens is 404 g/mol. The van der Waals surface area contributed by atoms with E-state index in [1.54, 1.807) is 0 Å². The highest BCUT2D eigenvalue weighted by molar-refractivity contribution is 8.26. The monoisotopic (exact) mass is 426 g/mol. The zero-order valence-electron chi connectivity index (χ0n) is 16.6. The minimum atomic E-state index is -0.956. The first-order chi connectivity index (χ1) is 14.6. The highest BCUT2D eigenvalue weighted by Gasteiger charge is 2.40. The van der Waals surface area contributed by atoms with Crippen LogP contribution in [-0.4, -0.2) is 52.2 Å². The maximum absolute atomic E-state index is 12.8. The van der Waals surface area contributed by atoms with E-state index >= 15 is 0 Å². The van der Waals surface area contributed by atoms with Crippen molar-refractivity contribution in [2.75, 3.05) is 19.9 Å². The standard InChI is InChI=1S/C22H22N2O5S/c1-2-15-8-9-18-17(12-15)19(25)23(14-29-18)10-11-28-20-21(26)30-22(27)24(20)13-16-6-4-3-5-7-16/h3-9,12,20H,2,10-11,13-14H2,1H3. The molecule has 2 aromatic carbocycles. The van der Waals surface area contributed by atoms with Gasteiger partial charge in [0.1, 0.15) is 5.75 Å². The van der Waals surface area contributed by atoms with Crippen LogP contribution in [0.3, 0.4) is 0 Å². The lowest BCUT2D eigenvalue weighted by molar-refractivity contribution is -0.130. The number of benzene rings is 2. The summed E-state index contributed by atoms with van der Waals surface area (Å²) in [5.74, 6) is 0.455. The molecular formula is C22H22N2O5S. The smallest absolute Gasteiger partial charge is 0.292 e. The van der Waals surface area contributed by atoms with E-state index in [0.29, 0.717) is 29.6 Å². The van der Waals surface area contributed by atoms with E-state index in [0.717, 1.165) is 17.5 Å². The summed E-state index contributed by atoms with van der Waals surface area (Å²) in [6.45, 7) is 2.83. The van der Waals surface area contributed by atoms with Gasteiger partial charge >= 0.3 is 0 Å². The van der Waals surface area contributed by atoms with E-state index in [1.165, 1.54) is 9.80 Å². The summed E-state index contributed by atoms with van der Waals surface area (Å²) in [6.07, 6.45) is -0.126. The quantitative estimate of drug-likeness (QED) is 0.676. The van der Waals surface area contributed by atoms with Crippen LogP contribution < -0.4 is 4.74 Å². The molecule has 0 radical (unpaired) electrons. The number of thioether (sulfide) groups is 1. The Bertz CT molecular complexity index is 965. The maximum Gasteiger partial charge on any atom is 0.292 e. The molecule has 0 aromatic heterocycles. The fraction of sp³-hybridized carbons (Fsp3) is 0.318. The lowest BCUT2D eigenvalue weighted by Gasteiger charge is -2.30. The summed E-state index contributed by atoms with van der Waals surface area (Å²) >= 11 is 0.655. The molecule has 0 saturated carbocycles. The van der Waals surface area contributed by atoms with Crippen LogP contribution in [-0.2, 0) is 22.5 Å². The van der Waals surface area contributed by atoms with Crippen LogP contribution in [0.1, 0.15) is 28.4 Å². The second-order valence-corrected chi connectivity index (χ2v) is 8.01. The number of rotatable bonds is 7. The highest BCUT2D eigenvalue weighted by atomic mass is 32.2. The van der Waals surface area contributed by atoms with Gasteiger partial charge in [-0.3, -0.25) is 19.3 Å². The Kier molecular flexibility index (Phi) is 6.06. The number of fused-ring (bicyclic) bond motifs is 1. The third-order valence-corrected chi connectivity index (χ3v) is 5.90. The fourth-order valence-corrected chi connectivity index (χ4v) is 4.16. The number of carbonyl (C=O) groups excluding carboxylic acids is 3. The second-order valence-electron chi connectivity index (χ2n) is 7.05. The van der Waals surface area contributed by atoms with Crippen molar-refractivity contribution in [2.24, 2.45) is 0 Å². The zero-order chi connectivity index (χ0) is 21.1. The van der Waals surface area contributed by atoms with Crippen LogP contribution in [0.2, 0.25) is 0 Å². The van der Waals surface area contributed by atoms with E-state index in [2.05, 4.69) is 0 Å². The minimum absolute atomic E-state index is 0.118. The predicted octanol–water partition coefficient (Wildman–Crippen LogP) is 3.28.